The second-order valence-electron chi connectivity index (χ2n) is 3.51. The molecule has 12 heavy (non-hydrogen) atoms. The molecule has 0 amide bonds. The first-order chi connectivity index (χ1) is 5.74. The molecule has 0 bridgehead atoms. The second-order valence-corrected chi connectivity index (χ2v) is 3.51. The lowest BCUT2D eigenvalue weighted by molar-refractivity contribution is 0.133. The highest BCUT2D eigenvalue weighted by molar-refractivity contribution is 5.13. The maximum absolute atomic E-state index is 9.53. The molecule has 1 aliphatic carbocycles. The Morgan fingerprint density at radius 2 is 2.17 bits per heavy atom. The Morgan fingerprint density at radius 3 is 2.83 bits per heavy atom. The molecule has 0 spiro atoms. The zero-order chi connectivity index (χ0) is 8.97. The van der Waals surface area contributed by atoms with Gasteiger partial charge in [-0.2, -0.15) is 0 Å². The second kappa shape index (κ2) is 4.63. The van der Waals surface area contributed by atoms with Crippen LogP contribution in [0.15, 0.2) is 11.6 Å². The molecule has 0 saturated heterocycles. The fourth-order valence-electron chi connectivity index (χ4n) is 1.59. The Labute approximate surface area is 73.9 Å². The summed E-state index contributed by atoms with van der Waals surface area (Å²) in [6, 6.07) is 0. The highest BCUT2D eigenvalue weighted by atomic mass is 16.3. The largest absolute Gasteiger partial charge is 0.389 e. The first kappa shape index (κ1) is 9.75. The van der Waals surface area contributed by atoms with E-state index in [1.807, 2.05) is 6.08 Å². The Balaban J connectivity index is 2.46. The third kappa shape index (κ3) is 2.61. The predicted octanol–water partition coefficient (Wildman–Crippen LogP) is 1.62. The minimum absolute atomic E-state index is 0.292. The highest BCUT2D eigenvalue weighted by Crippen LogP contribution is 2.22. The van der Waals surface area contributed by atoms with Gasteiger partial charge in [-0.25, -0.2) is 0 Å². The molecule has 0 heterocycles. The van der Waals surface area contributed by atoms with Crippen LogP contribution in [0.5, 0.6) is 0 Å². The van der Waals surface area contributed by atoms with Gasteiger partial charge < -0.3 is 10.2 Å². The number of aliphatic hydroxyl groups excluding tert-OH is 2. The average molecular weight is 170 g/mol. The van der Waals surface area contributed by atoms with Crippen molar-refractivity contribution in [2.45, 2.75) is 51.2 Å². The van der Waals surface area contributed by atoms with Crippen molar-refractivity contribution in [1.29, 1.82) is 0 Å². The van der Waals surface area contributed by atoms with E-state index < -0.39 is 0 Å². The molecule has 2 unspecified atom stereocenters. The standard InChI is InChI=1S/C10H18O2/c1-2-3-4-8-7-9(11)5-6-10(8)12/h7,9-12H,2-6H2,1H3. The monoisotopic (exact) mass is 170 g/mol. The van der Waals surface area contributed by atoms with Crippen LogP contribution in [-0.4, -0.2) is 22.4 Å². The molecule has 0 radical (unpaired) electrons. The van der Waals surface area contributed by atoms with E-state index in [1.165, 1.54) is 0 Å². The molecule has 1 aliphatic rings. The van der Waals surface area contributed by atoms with Gasteiger partial charge in [-0.15, -0.1) is 0 Å². The van der Waals surface area contributed by atoms with E-state index in [2.05, 4.69) is 6.92 Å². The summed E-state index contributed by atoms with van der Waals surface area (Å²) in [5.41, 5.74) is 1.04. The molecule has 2 N–H and O–H groups in total. The first-order valence-electron chi connectivity index (χ1n) is 4.80. The maximum atomic E-state index is 9.53. The predicted molar refractivity (Wildman–Crippen MR) is 48.9 cm³/mol. The fourth-order valence-corrected chi connectivity index (χ4v) is 1.59. The summed E-state index contributed by atoms with van der Waals surface area (Å²) in [6.07, 6.45) is 5.82. The van der Waals surface area contributed by atoms with Crippen LogP contribution in [0.4, 0.5) is 0 Å². The lowest BCUT2D eigenvalue weighted by Crippen LogP contribution is -2.21. The van der Waals surface area contributed by atoms with Crippen LogP contribution in [0.25, 0.3) is 0 Å². The lowest BCUT2D eigenvalue weighted by atomic mass is 9.91. The molecule has 70 valence electrons. The van der Waals surface area contributed by atoms with Crippen LogP contribution in [0.1, 0.15) is 39.0 Å². The van der Waals surface area contributed by atoms with Gasteiger partial charge in [0.05, 0.1) is 12.2 Å². The summed E-state index contributed by atoms with van der Waals surface area (Å²) in [6.45, 7) is 2.13. The molecule has 0 aliphatic heterocycles. The minimum Gasteiger partial charge on any atom is -0.389 e. The number of hydrogen-bond acceptors (Lipinski definition) is 2. The number of hydrogen-bond donors (Lipinski definition) is 2. The quantitative estimate of drug-likeness (QED) is 0.632. The summed E-state index contributed by atoms with van der Waals surface area (Å²) in [4.78, 5) is 0. The van der Waals surface area contributed by atoms with Gasteiger partial charge in [0.1, 0.15) is 0 Å². The van der Waals surface area contributed by atoms with Crippen LogP contribution >= 0.6 is 0 Å². The molecule has 1 rings (SSSR count). The van der Waals surface area contributed by atoms with Gasteiger partial charge in [0.2, 0.25) is 0 Å². The summed E-state index contributed by atoms with van der Waals surface area (Å²) in [7, 11) is 0. The summed E-state index contributed by atoms with van der Waals surface area (Å²) < 4.78 is 0. The average Bonchev–Trinajstić information content (AvgIpc) is 2.07. The van der Waals surface area contributed by atoms with Crippen molar-refractivity contribution in [1.82, 2.24) is 0 Å². The van der Waals surface area contributed by atoms with Crippen molar-refractivity contribution in [2.75, 3.05) is 0 Å². The van der Waals surface area contributed by atoms with E-state index in [-0.39, 0.29) is 12.2 Å². The molecule has 0 fully saturated rings. The van der Waals surface area contributed by atoms with Gasteiger partial charge in [0.15, 0.2) is 0 Å². The van der Waals surface area contributed by atoms with E-state index in [4.69, 9.17) is 0 Å². The normalized spacial score (nSPS) is 30.1. The first-order valence-corrected chi connectivity index (χ1v) is 4.80. The van der Waals surface area contributed by atoms with Crippen molar-refractivity contribution in [2.24, 2.45) is 0 Å². The van der Waals surface area contributed by atoms with Crippen LogP contribution in [0.3, 0.4) is 0 Å². The minimum atomic E-state index is -0.319. The Bertz CT molecular complexity index is 163. The summed E-state index contributed by atoms with van der Waals surface area (Å²) in [5, 5.41) is 18.8. The van der Waals surface area contributed by atoms with E-state index in [0.717, 1.165) is 31.3 Å². The van der Waals surface area contributed by atoms with E-state index in [9.17, 15) is 10.2 Å². The molecule has 0 saturated carbocycles. The number of rotatable bonds is 3. The van der Waals surface area contributed by atoms with E-state index in [0.29, 0.717) is 6.42 Å². The topological polar surface area (TPSA) is 40.5 Å². The summed E-state index contributed by atoms with van der Waals surface area (Å²) in [5.74, 6) is 0. The fraction of sp³-hybridized carbons (Fsp3) is 0.800. The van der Waals surface area contributed by atoms with Crippen molar-refractivity contribution >= 4 is 0 Å². The van der Waals surface area contributed by atoms with Crippen molar-refractivity contribution < 1.29 is 10.2 Å². The van der Waals surface area contributed by atoms with Crippen LogP contribution in [-0.2, 0) is 0 Å². The molecule has 2 atom stereocenters. The SMILES string of the molecule is CCCCC1=CC(O)CCC1O. The number of unbranched alkanes of at least 4 members (excludes halogenated alkanes) is 1. The van der Waals surface area contributed by atoms with Crippen LogP contribution < -0.4 is 0 Å². The third-order valence-electron chi connectivity index (χ3n) is 2.39. The maximum Gasteiger partial charge on any atom is 0.0752 e. The smallest absolute Gasteiger partial charge is 0.0752 e. The highest BCUT2D eigenvalue weighted by Gasteiger charge is 2.18. The van der Waals surface area contributed by atoms with E-state index in [1.54, 1.807) is 0 Å². The van der Waals surface area contributed by atoms with Crippen molar-refractivity contribution in [3.05, 3.63) is 11.6 Å². The molecule has 2 heteroatoms. The van der Waals surface area contributed by atoms with Gasteiger partial charge in [0.25, 0.3) is 0 Å². The van der Waals surface area contributed by atoms with Gasteiger partial charge in [0, 0.05) is 0 Å². The Hall–Kier alpha value is -0.340. The van der Waals surface area contributed by atoms with Gasteiger partial charge in [-0.3, -0.25) is 0 Å². The van der Waals surface area contributed by atoms with Crippen LogP contribution in [0, 0.1) is 0 Å². The molecule has 0 aromatic rings. The molecule has 0 aromatic carbocycles. The number of aliphatic hydroxyl groups is 2. The van der Waals surface area contributed by atoms with Gasteiger partial charge in [-0.1, -0.05) is 19.4 Å². The third-order valence-corrected chi connectivity index (χ3v) is 2.39. The lowest BCUT2D eigenvalue weighted by Gasteiger charge is -2.22. The molecule has 2 nitrogen and oxygen atoms in total. The molecule has 0 aromatic heterocycles. The van der Waals surface area contributed by atoms with Gasteiger partial charge >= 0.3 is 0 Å². The van der Waals surface area contributed by atoms with Gasteiger partial charge in [-0.05, 0) is 31.3 Å². The molecular weight excluding hydrogens is 152 g/mol. The Morgan fingerprint density at radius 1 is 1.42 bits per heavy atom. The molecular formula is C10H18O2. The Kier molecular flexibility index (Phi) is 3.76. The van der Waals surface area contributed by atoms with E-state index >= 15 is 0 Å². The zero-order valence-electron chi connectivity index (χ0n) is 7.66. The van der Waals surface area contributed by atoms with Crippen LogP contribution in [0.2, 0.25) is 0 Å². The van der Waals surface area contributed by atoms with Crippen molar-refractivity contribution in [3.8, 4) is 0 Å². The zero-order valence-corrected chi connectivity index (χ0v) is 7.66. The summed E-state index contributed by atoms with van der Waals surface area (Å²) >= 11 is 0. The van der Waals surface area contributed by atoms with Crippen molar-refractivity contribution in [3.63, 3.8) is 0 Å².